The minimum absolute atomic E-state index is 0.00107. The Labute approximate surface area is 131 Å². The number of rotatable bonds is 5. The molecule has 1 unspecified atom stereocenters. The van der Waals surface area contributed by atoms with Gasteiger partial charge in [-0.1, -0.05) is 0 Å². The van der Waals surface area contributed by atoms with Gasteiger partial charge in [0.25, 0.3) is 5.91 Å². The molecule has 106 valence electrons. The van der Waals surface area contributed by atoms with Crippen LogP contribution in [0.2, 0.25) is 0 Å². The first-order chi connectivity index (χ1) is 9.56. The van der Waals surface area contributed by atoms with Crippen LogP contribution in [0.1, 0.15) is 29.5 Å². The molecule has 1 amide bonds. The maximum absolute atomic E-state index is 12.1. The van der Waals surface area contributed by atoms with Crippen LogP contribution in [0.4, 0.5) is 0 Å². The van der Waals surface area contributed by atoms with E-state index in [1.165, 1.54) is 6.07 Å². The summed E-state index contributed by atoms with van der Waals surface area (Å²) < 4.78 is 6.17. The van der Waals surface area contributed by atoms with E-state index in [1.807, 2.05) is 19.1 Å². The highest BCUT2D eigenvalue weighted by Gasteiger charge is 2.14. The topological polar surface area (TPSA) is 62.5 Å². The van der Waals surface area contributed by atoms with Crippen LogP contribution >= 0.6 is 22.6 Å². The summed E-state index contributed by atoms with van der Waals surface area (Å²) in [6, 6.07) is 8.73. The number of phenols is 1. The number of furan rings is 1. The first-order valence-electron chi connectivity index (χ1n) is 6.38. The highest BCUT2D eigenvalue weighted by molar-refractivity contribution is 14.1. The Morgan fingerprint density at radius 3 is 2.95 bits per heavy atom. The van der Waals surface area contributed by atoms with Crippen LogP contribution in [-0.4, -0.2) is 17.1 Å². The molecule has 0 saturated carbocycles. The maximum atomic E-state index is 12.1. The average Bonchev–Trinajstić information content (AvgIpc) is 2.92. The van der Waals surface area contributed by atoms with Gasteiger partial charge in [0.05, 0.1) is 11.8 Å². The molecule has 0 radical (unpaired) electrons. The molecule has 2 N–H and O–H groups in total. The van der Waals surface area contributed by atoms with Crippen molar-refractivity contribution in [1.29, 1.82) is 0 Å². The van der Waals surface area contributed by atoms with E-state index in [2.05, 4.69) is 27.9 Å². The number of nitrogens with one attached hydrogen (secondary N) is 1. The lowest BCUT2D eigenvalue weighted by molar-refractivity contribution is 0.0935. The van der Waals surface area contributed by atoms with Crippen molar-refractivity contribution >= 4 is 28.5 Å². The number of phenolic OH excluding ortho intramolecular Hbond substituents is 1. The summed E-state index contributed by atoms with van der Waals surface area (Å²) in [5.74, 6) is 0.650. The van der Waals surface area contributed by atoms with Crippen molar-refractivity contribution in [3.63, 3.8) is 0 Å². The Morgan fingerprint density at radius 2 is 2.25 bits per heavy atom. The zero-order valence-electron chi connectivity index (χ0n) is 11.1. The molecular weight excluding hydrogens is 369 g/mol. The van der Waals surface area contributed by atoms with E-state index < -0.39 is 0 Å². The van der Waals surface area contributed by atoms with Gasteiger partial charge in [-0.25, -0.2) is 0 Å². The molecule has 0 fully saturated rings. The molecule has 1 atom stereocenters. The van der Waals surface area contributed by atoms with Crippen LogP contribution < -0.4 is 5.32 Å². The van der Waals surface area contributed by atoms with Crippen LogP contribution in [0.3, 0.4) is 0 Å². The molecule has 4 nitrogen and oxygen atoms in total. The third kappa shape index (κ3) is 4.00. The predicted molar refractivity (Wildman–Crippen MR) is 84.8 cm³/mol. The highest BCUT2D eigenvalue weighted by atomic mass is 127. The third-order valence-electron chi connectivity index (χ3n) is 2.98. The van der Waals surface area contributed by atoms with Crippen molar-refractivity contribution in [2.24, 2.45) is 0 Å². The molecule has 1 aromatic carbocycles. The summed E-state index contributed by atoms with van der Waals surface area (Å²) in [4.78, 5) is 12.1. The van der Waals surface area contributed by atoms with Gasteiger partial charge >= 0.3 is 0 Å². The first kappa shape index (κ1) is 14.9. The smallest absolute Gasteiger partial charge is 0.255 e. The summed E-state index contributed by atoms with van der Waals surface area (Å²) in [7, 11) is 0. The van der Waals surface area contributed by atoms with Gasteiger partial charge in [-0.15, -0.1) is 0 Å². The molecule has 5 heteroatoms. The zero-order chi connectivity index (χ0) is 14.5. The van der Waals surface area contributed by atoms with E-state index in [9.17, 15) is 9.90 Å². The van der Waals surface area contributed by atoms with Gasteiger partial charge in [0.15, 0.2) is 0 Å². The SMILES string of the molecule is CC(CCc1ccco1)NC(=O)c1cc(I)ccc1O. The van der Waals surface area contributed by atoms with E-state index in [-0.39, 0.29) is 17.7 Å². The lowest BCUT2D eigenvalue weighted by atomic mass is 10.1. The fourth-order valence-electron chi connectivity index (χ4n) is 1.88. The molecule has 1 heterocycles. The second-order valence-electron chi connectivity index (χ2n) is 4.65. The molecule has 1 aromatic heterocycles. The lowest BCUT2D eigenvalue weighted by Crippen LogP contribution is -2.33. The molecule has 0 aliphatic carbocycles. The standard InChI is InChI=1S/C15H16INO3/c1-10(4-6-12-3-2-8-20-12)17-15(19)13-9-11(16)5-7-14(13)18/h2-3,5,7-10,18H,4,6H2,1H3,(H,17,19). The largest absolute Gasteiger partial charge is 0.507 e. The minimum Gasteiger partial charge on any atom is -0.507 e. The minimum atomic E-state index is -0.257. The monoisotopic (exact) mass is 385 g/mol. The molecule has 0 aliphatic rings. The summed E-state index contributed by atoms with van der Waals surface area (Å²) in [5, 5.41) is 12.6. The van der Waals surface area contributed by atoms with E-state index in [0.29, 0.717) is 5.56 Å². The van der Waals surface area contributed by atoms with Gasteiger partial charge in [0.1, 0.15) is 11.5 Å². The number of carbonyl (C=O) groups excluding carboxylic acids is 1. The molecule has 0 bridgehead atoms. The van der Waals surface area contributed by atoms with Crippen molar-refractivity contribution in [3.05, 3.63) is 51.5 Å². The van der Waals surface area contributed by atoms with Crippen molar-refractivity contribution in [2.75, 3.05) is 0 Å². The second-order valence-corrected chi connectivity index (χ2v) is 5.90. The van der Waals surface area contributed by atoms with Gasteiger partial charge in [0.2, 0.25) is 0 Å². The van der Waals surface area contributed by atoms with Crippen molar-refractivity contribution in [3.8, 4) is 5.75 Å². The number of hydrogen-bond acceptors (Lipinski definition) is 3. The number of benzene rings is 1. The van der Waals surface area contributed by atoms with Gasteiger partial charge in [-0.3, -0.25) is 4.79 Å². The Kier molecular flexibility index (Phi) is 5.05. The molecule has 2 rings (SSSR count). The van der Waals surface area contributed by atoms with E-state index >= 15 is 0 Å². The number of hydrogen-bond donors (Lipinski definition) is 2. The van der Waals surface area contributed by atoms with E-state index in [4.69, 9.17) is 4.42 Å². The fraction of sp³-hybridized carbons (Fsp3) is 0.267. The molecular formula is C15H16INO3. The number of carbonyl (C=O) groups is 1. The van der Waals surface area contributed by atoms with Crippen LogP contribution in [0.25, 0.3) is 0 Å². The van der Waals surface area contributed by atoms with Crippen molar-refractivity contribution < 1.29 is 14.3 Å². The molecule has 0 saturated heterocycles. The Morgan fingerprint density at radius 1 is 1.45 bits per heavy atom. The zero-order valence-corrected chi connectivity index (χ0v) is 13.3. The number of aromatic hydroxyl groups is 1. The van der Waals surface area contributed by atoms with Crippen LogP contribution in [0, 0.1) is 3.57 Å². The quantitative estimate of drug-likeness (QED) is 0.777. The van der Waals surface area contributed by atoms with Crippen molar-refractivity contribution in [1.82, 2.24) is 5.32 Å². The Hall–Kier alpha value is -1.50. The lowest BCUT2D eigenvalue weighted by Gasteiger charge is -2.14. The maximum Gasteiger partial charge on any atom is 0.255 e. The van der Waals surface area contributed by atoms with Crippen LogP contribution in [-0.2, 0) is 6.42 Å². The fourth-order valence-corrected chi connectivity index (χ4v) is 2.37. The van der Waals surface area contributed by atoms with Gasteiger partial charge in [-0.05, 0) is 66.3 Å². The molecule has 0 aliphatic heterocycles. The molecule has 0 spiro atoms. The first-order valence-corrected chi connectivity index (χ1v) is 7.46. The summed E-state index contributed by atoms with van der Waals surface area (Å²) in [6.45, 7) is 1.94. The van der Waals surface area contributed by atoms with Crippen LogP contribution in [0.15, 0.2) is 41.0 Å². The van der Waals surface area contributed by atoms with Crippen LogP contribution in [0.5, 0.6) is 5.75 Å². The number of amides is 1. The second kappa shape index (κ2) is 6.78. The normalized spacial score (nSPS) is 12.1. The summed E-state index contributed by atoms with van der Waals surface area (Å²) in [6.07, 6.45) is 3.19. The summed E-state index contributed by atoms with van der Waals surface area (Å²) >= 11 is 2.11. The van der Waals surface area contributed by atoms with E-state index in [0.717, 1.165) is 22.2 Å². The van der Waals surface area contributed by atoms with Crippen molar-refractivity contribution in [2.45, 2.75) is 25.8 Å². The Balaban J connectivity index is 1.91. The molecule has 2 aromatic rings. The highest BCUT2D eigenvalue weighted by Crippen LogP contribution is 2.19. The predicted octanol–water partition coefficient (Wildman–Crippen LogP) is 3.34. The molecule has 20 heavy (non-hydrogen) atoms. The van der Waals surface area contributed by atoms with Gasteiger partial charge < -0.3 is 14.8 Å². The average molecular weight is 385 g/mol. The Bertz CT molecular complexity index is 581. The number of halogens is 1. The van der Waals surface area contributed by atoms with Gasteiger partial charge in [-0.2, -0.15) is 0 Å². The van der Waals surface area contributed by atoms with E-state index in [1.54, 1.807) is 18.4 Å². The summed E-state index contributed by atoms with van der Waals surface area (Å²) in [5.41, 5.74) is 0.307. The van der Waals surface area contributed by atoms with Gasteiger partial charge in [0, 0.05) is 16.0 Å². The number of aryl methyl sites for hydroxylation is 1. The third-order valence-corrected chi connectivity index (χ3v) is 3.66.